The molecule has 4 aromatic rings. The lowest BCUT2D eigenvalue weighted by atomic mass is 10.00. The zero-order valence-electron chi connectivity index (χ0n) is 19.5. The number of benzene rings is 1. The van der Waals surface area contributed by atoms with Gasteiger partial charge in [0.25, 0.3) is 5.82 Å². The molecule has 0 saturated heterocycles. The maximum Gasteiger partial charge on any atom is 0.453 e. The molecule has 0 amide bonds. The number of halogens is 3. The van der Waals surface area contributed by atoms with Gasteiger partial charge in [-0.3, -0.25) is 4.98 Å². The van der Waals surface area contributed by atoms with Gasteiger partial charge in [0.2, 0.25) is 0 Å². The Labute approximate surface area is 200 Å². The highest BCUT2D eigenvalue weighted by Gasteiger charge is 2.38. The molecule has 35 heavy (non-hydrogen) atoms. The molecule has 1 aromatic carbocycles. The highest BCUT2D eigenvalue weighted by molar-refractivity contribution is 5.68. The van der Waals surface area contributed by atoms with Gasteiger partial charge in [0, 0.05) is 48.6 Å². The predicted molar refractivity (Wildman–Crippen MR) is 126 cm³/mol. The molecule has 2 aliphatic heterocycles. The zero-order chi connectivity index (χ0) is 24.3. The normalized spacial score (nSPS) is 15.9. The molecule has 10 heteroatoms. The largest absolute Gasteiger partial charge is 0.453 e. The number of pyridine rings is 1. The van der Waals surface area contributed by atoms with Crippen molar-refractivity contribution in [3.63, 3.8) is 0 Å². The Morgan fingerprint density at radius 2 is 1.77 bits per heavy atom. The lowest BCUT2D eigenvalue weighted by Crippen LogP contribution is -2.33. The third-order valence-electron chi connectivity index (χ3n) is 7.07. The van der Waals surface area contributed by atoms with E-state index >= 15 is 0 Å². The molecule has 2 aliphatic rings. The van der Waals surface area contributed by atoms with Crippen LogP contribution >= 0.6 is 0 Å². The Morgan fingerprint density at radius 1 is 0.943 bits per heavy atom. The van der Waals surface area contributed by atoms with Crippen molar-refractivity contribution >= 4 is 22.8 Å². The molecular formula is C25H24F3N7. The van der Waals surface area contributed by atoms with E-state index in [9.17, 15) is 13.2 Å². The number of rotatable bonds is 2. The van der Waals surface area contributed by atoms with E-state index in [0.29, 0.717) is 30.9 Å². The Hall–Kier alpha value is -3.69. The molecular weight excluding hydrogens is 455 g/mol. The van der Waals surface area contributed by atoms with Crippen LogP contribution in [0.3, 0.4) is 0 Å². The van der Waals surface area contributed by atoms with E-state index in [4.69, 9.17) is 4.98 Å². The van der Waals surface area contributed by atoms with Crippen molar-refractivity contribution in [1.82, 2.24) is 24.8 Å². The molecule has 0 aliphatic carbocycles. The number of hydrogen-bond acceptors (Lipinski definition) is 6. The number of aromatic nitrogens is 5. The highest BCUT2D eigenvalue weighted by atomic mass is 19.4. The van der Waals surface area contributed by atoms with Gasteiger partial charge in [-0.25, -0.2) is 0 Å². The SMILES string of the molecule is Cc1c(N2CCc3ncc(N4CCCc5ccccc54)cc3C2)nn2c(C(F)(F)F)nnc2c1C. The maximum absolute atomic E-state index is 13.5. The van der Waals surface area contributed by atoms with Crippen molar-refractivity contribution in [1.29, 1.82) is 0 Å². The number of para-hydroxylation sites is 1. The fourth-order valence-corrected chi connectivity index (χ4v) is 5.13. The minimum absolute atomic E-state index is 0.128. The molecule has 7 nitrogen and oxygen atoms in total. The van der Waals surface area contributed by atoms with Crippen LogP contribution in [0.25, 0.3) is 5.65 Å². The fourth-order valence-electron chi connectivity index (χ4n) is 5.13. The van der Waals surface area contributed by atoms with Crippen LogP contribution in [0.2, 0.25) is 0 Å². The summed E-state index contributed by atoms with van der Waals surface area (Å²) in [6, 6.07) is 10.6. The quantitative estimate of drug-likeness (QED) is 0.412. The van der Waals surface area contributed by atoms with E-state index in [1.54, 1.807) is 6.92 Å². The predicted octanol–water partition coefficient (Wildman–Crippen LogP) is 4.80. The molecule has 6 rings (SSSR count). The second kappa shape index (κ2) is 7.93. The minimum atomic E-state index is -4.64. The van der Waals surface area contributed by atoms with Crippen molar-refractivity contribution in [3.8, 4) is 0 Å². The maximum atomic E-state index is 13.5. The van der Waals surface area contributed by atoms with Gasteiger partial charge in [0.1, 0.15) is 0 Å². The molecule has 180 valence electrons. The lowest BCUT2D eigenvalue weighted by Gasteiger charge is -2.34. The highest BCUT2D eigenvalue weighted by Crippen LogP contribution is 2.36. The summed E-state index contributed by atoms with van der Waals surface area (Å²) >= 11 is 0. The summed E-state index contributed by atoms with van der Waals surface area (Å²) in [7, 11) is 0. The van der Waals surface area contributed by atoms with E-state index in [2.05, 4.69) is 50.5 Å². The van der Waals surface area contributed by atoms with Crippen molar-refractivity contribution in [3.05, 3.63) is 70.3 Å². The van der Waals surface area contributed by atoms with E-state index in [-0.39, 0.29) is 5.65 Å². The summed E-state index contributed by atoms with van der Waals surface area (Å²) < 4.78 is 41.3. The van der Waals surface area contributed by atoms with Gasteiger partial charge in [-0.05, 0) is 49.9 Å². The summed E-state index contributed by atoms with van der Waals surface area (Å²) in [6.45, 7) is 5.69. The smallest absolute Gasteiger partial charge is 0.350 e. The van der Waals surface area contributed by atoms with Crippen molar-refractivity contribution in [2.24, 2.45) is 0 Å². The van der Waals surface area contributed by atoms with Crippen LogP contribution in [0.1, 0.15) is 40.2 Å². The van der Waals surface area contributed by atoms with Crippen LogP contribution in [0, 0.1) is 13.8 Å². The van der Waals surface area contributed by atoms with Crippen molar-refractivity contribution in [2.75, 3.05) is 22.9 Å². The summed E-state index contributed by atoms with van der Waals surface area (Å²) in [4.78, 5) is 9.09. The van der Waals surface area contributed by atoms with Crippen LogP contribution in [-0.4, -0.2) is 37.9 Å². The number of anilines is 3. The van der Waals surface area contributed by atoms with E-state index in [0.717, 1.165) is 46.4 Å². The molecule has 0 bridgehead atoms. The molecule has 0 radical (unpaired) electrons. The molecule has 5 heterocycles. The van der Waals surface area contributed by atoms with E-state index in [1.165, 1.54) is 11.3 Å². The molecule has 0 atom stereocenters. The van der Waals surface area contributed by atoms with Crippen molar-refractivity contribution in [2.45, 2.75) is 45.8 Å². The van der Waals surface area contributed by atoms with Gasteiger partial charge in [-0.1, -0.05) is 18.2 Å². The first-order chi connectivity index (χ1) is 16.8. The van der Waals surface area contributed by atoms with Crippen LogP contribution < -0.4 is 9.80 Å². The standard InChI is InChI=1S/C25H24F3N7/c1-15-16(2)23(32-35-22(15)30-31-24(35)25(26,27)28)33-11-9-20-18(14-33)12-19(13-29-20)34-10-5-7-17-6-3-4-8-21(17)34/h3-4,6,8,12-13H,5,7,9-11,14H2,1-2H3. The molecule has 0 N–H and O–H groups in total. The Morgan fingerprint density at radius 3 is 2.60 bits per heavy atom. The third-order valence-corrected chi connectivity index (χ3v) is 7.07. The summed E-state index contributed by atoms with van der Waals surface area (Å²) in [6.07, 6.45) is 0.128. The number of hydrogen-bond donors (Lipinski definition) is 0. The average Bonchev–Trinajstić information content (AvgIpc) is 3.30. The monoisotopic (exact) mass is 479 g/mol. The Kier molecular flexibility index (Phi) is 4.94. The van der Waals surface area contributed by atoms with Crippen molar-refractivity contribution < 1.29 is 13.2 Å². The van der Waals surface area contributed by atoms with Gasteiger partial charge in [0.15, 0.2) is 11.5 Å². The van der Waals surface area contributed by atoms with Crippen LogP contribution in [-0.2, 0) is 25.6 Å². The fraction of sp³-hybridized carbons (Fsp3) is 0.360. The summed E-state index contributed by atoms with van der Waals surface area (Å²) in [5, 5.41) is 11.5. The molecule has 3 aromatic heterocycles. The first kappa shape index (κ1) is 21.8. The van der Waals surface area contributed by atoms with Gasteiger partial charge in [-0.2, -0.15) is 17.7 Å². The first-order valence-electron chi connectivity index (χ1n) is 11.7. The van der Waals surface area contributed by atoms with Gasteiger partial charge >= 0.3 is 6.18 Å². The van der Waals surface area contributed by atoms with E-state index in [1.807, 2.05) is 18.0 Å². The Bertz CT molecular complexity index is 1440. The van der Waals surface area contributed by atoms with Crippen LogP contribution in [0.5, 0.6) is 0 Å². The molecule has 0 spiro atoms. The average molecular weight is 480 g/mol. The molecule has 0 fully saturated rings. The molecule has 0 unspecified atom stereocenters. The van der Waals surface area contributed by atoms with Crippen LogP contribution in [0.15, 0.2) is 36.5 Å². The Balaban J connectivity index is 1.37. The molecule has 0 saturated carbocycles. The topological polar surface area (TPSA) is 62.5 Å². The second-order valence-electron chi connectivity index (χ2n) is 9.19. The number of aryl methyl sites for hydroxylation is 2. The first-order valence-corrected chi connectivity index (χ1v) is 11.7. The second-order valence-corrected chi connectivity index (χ2v) is 9.19. The zero-order valence-corrected chi connectivity index (χ0v) is 19.5. The minimum Gasteiger partial charge on any atom is -0.350 e. The van der Waals surface area contributed by atoms with Crippen LogP contribution in [0.4, 0.5) is 30.4 Å². The third kappa shape index (κ3) is 3.59. The van der Waals surface area contributed by atoms with Gasteiger partial charge in [0.05, 0.1) is 11.9 Å². The summed E-state index contributed by atoms with van der Waals surface area (Å²) in [5.74, 6) is -0.596. The number of alkyl halides is 3. The number of nitrogens with zero attached hydrogens (tertiary/aromatic N) is 7. The number of fused-ring (bicyclic) bond motifs is 3. The summed E-state index contributed by atoms with van der Waals surface area (Å²) in [5.41, 5.74) is 7.23. The lowest BCUT2D eigenvalue weighted by molar-refractivity contribution is -0.146. The van der Waals surface area contributed by atoms with E-state index < -0.39 is 12.0 Å². The van der Waals surface area contributed by atoms with Gasteiger partial charge in [-0.15, -0.1) is 15.3 Å². The van der Waals surface area contributed by atoms with Gasteiger partial charge < -0.3 is 9.80 Å².